The highest BCUT2D eigenvalue weighted by Crippen LogP contribution is 2.24. The van der Waals surface area contributed by atoms with E-state index >= 15 is 0 Å². The SMILES string of the molecule is C.C=CC(=C)CC.CC.CCc1c(C)cccc1COc1cccc(OCc2ccc3ccccc3c2)c1. The lowest BCUT2D eigenvalue weighted by molar-refractivity contribution is 0.289. The Labute approximate surface area is 231 Å². The molecule has 0 aliphatic rings. The molecule has 202 valence electrons. The van der Waals surface area contributed by atoms with Crippen molar-refractivity contribution in [1.29, 1.82) is 0 Å². The van der Waals surface area contributed by atoms with Crippen LogP contribution in [0.5, 0.6) is 11.5 Å². The molecule has 0 heterocycles. The van der Waals surface area contributed by atoms with Crippen molar-refractivity contribution < 1.29 is 9.47 Å². The van der Waals surface area contributed by atoms with Crippen molar-refractivity contribution in [2.24, 2.45) is 0 Å². The molecule has 38 heavy (non-hydrogen) atoms. The van der Waals surface area contributed by atoms with Gasteiger partial charge in [-0.2, -0.15) is 0 Å². The van der Waals surface area contributed by atoms with Gasteiger partial charge in [0.25, 0.3) is 0 Å². The largest absolute Gasteiger partial charge is 0.489 e. The van der Waals surface area contributed by atoms with E-state index in [2.05, 4.69) is 94.6 Å². The summed E-state index contributed by atoms with van der Waals surface area (Å²) in [6.07, 6.45) is 3.81. The molecule has 0 fully saturated rings. The number of hydrogen-bond donors (Lipinski definition) is 0. The summed E-state index contributed by atoms with van der Waals surface area (Å²) in [4.78, 5) is 0. The van der Waals surface area contributed by atoms with Crippen LogP contribution in [0.2, 0.25) is 0 Å². The molecule has 0 saturated carbocycles. The quantitative estimate of drug-likeness (QED) is 0.208. The van der Waals surface area contributed by atoms with E-state index in [1.54, 1.807) is 6.08 Å². The standard InChI is InChI=1S/C27H26O2.C6H10.C2H6.CH4/c1-3-27-20(2)8-6-11-24(27)19-29-26-13-7-12-25(17-26)28-18-21-14-15-22-9-4-5-10-23(22)16-21;1-4-6(3)5-2;1-2;/h4-17H,3,18-19H2,1-2H3;4H,1,3,5H2,2H3;1-2H3;1H4. The Bertz CT molecular complexity index is 1270. The lowest BCUT2D eigenvalue weighted by Crippen LogP contribution is -2.02. The van der Waals surface area contributed by atoms with Crippen LogP contribution in [-0.2, 0) is 19.6 Å². The maximum absolute atomic E-state index is 6.06. The Morgan fingerprint density at radius 1 is 0.763 bits per heavy atom. The third kappa shape index (κ3) is 9.94. The van der Waals surface area contributed by atoms with Gasteiger partial charge in [0.2, 0.25) is 0 Å². The molecule has 0 spiro atoms. The summed E-state index contributed by atoms with van der Waals surface area (Å²) in [7, 11) is 0. The molecule has 0 aliphatic heterocycles. The van der Waals surface area contributed by atoms with Crippen LogP contribution in [0.15, 0.2) is 110 Å². The van der Waals surface area contributed by atoms with Crippen molar-refractivity contribution in [3.05, 3.63) is 132 Å². The minimum atomic E-state index is 0. The van der Waals surface area contributed by atoms with E-state index in [4.69, 9.17) is 9.47 Å². The van der Waals surface area contributed by atoms with E-state index in [1.165, 1.54) is 27.5 Å². The second-order valence-electron chi connectivity index (χ2n) is 8.52. The smallest absolute Gasteiger partial charge is 0.123 e. The highest BCUT2D eigenvalue weighted by Gasteiger charge is 2.06. The fourth-order valence-corrected chi connectivity index (χ4v) is 3.86. The first kappa shape index (κ1) is 32.2. The molecule has 0 bridgehead atoms. The molecule has 2 heteroatoms. The van der Waals surface area contributed by atoms with Gasteiger partial charge in [-0.1, -0.05) is 121 Å². The Morgan fingerprint density at radius 3 is 2.00 bits per heavy atom. The van der Waals surface area contributed by atoms with Gasteiger partial charge in [0.15, 0.2) is 0 Å². The lowest BCUT2D eigenvalue weighted by atomic mass is 10.0. The Morgan fingerprint density at radius 2 is 1.39 bits per heavy atom. The maximum atomic E-state index is 6.06. The number of aryl methyl sites for hydroxylation is 1. The van der Waals surface area contributed by atoms with Gasteiger partial charge in [-0.05, 0) is 71.0 Å². The van der Waals surface area contributed by atoms with E-state index in [0.717, 1.165) is 35.5 Å². The van der Waals surface area contributed by atoms with Crippen LogP contribution in [-0.4, -0.2) is 0 Å². The van der Waals surface area contributed by atoms with Gasteiger partial charge in [0.05, 0.1) is 0 Å². The van der Waals surface area contributed by atoms with E-state index in [-0.39, 0.29) is 7.43 Å². The Balaban J connectivity index is 0.000000711. The predicted octanol–water partition coefficient (Wildman–Crippen LogP) is 10.7. The summed E-state index contributed by atoms with van der Waals surface area (Å²) < 4.78 is 12.1. The van der Waals surface area contributed by atoms with Crippen molar-refractivity contribution >= 4 is 10.8 Å². The van der Waals surface area contributed by atoms with E-state index < -0.39 is 0 Å². The minimum Gasteiger partial charge on any atom is -0.489 e. The fourth-order valence-electron chi connectivity index (χ4n) is 3.86. The zero-order chi connectivity index (χ0) is 27.0. The number of benzene rings is 4. The number of fused-ring (bicyclic) bond motifs is 1. The van der Waals surface area contributed by atoms with Crippen LogP contribution in [0.25, 0.3) is 10.8 Å². The molecule has 0 N–H and O–H groups in total. The zero-order valence-electron chi connectivity index (χ0n) is 23.2. The van der Waals surface area contributed by atoms with Gasteiger partial charge >= 0.3 is 0 Å². The van der Waals surface area contributed by atoms with Crippen molar-refractivity contribution in [3.63, 3.8) is 0 Å². The number of hydrogen-bond acceptors (Lipinski definition) is 2. The maximum Gasteiger partial charge on any atom is 0.123 e. The molecule has 0 aromatic heterocycles. The summed E-state index contributed by atoms with van der Waals surface area (Å²) in [6.45, 7) is 18.7. The Kier molecular flexibility index (Phi) is 15.0. The summed E-state index contributed by atoms with van der Waals surface area (Å²) in [5, 5.41) is 2.48. The van der Waals surface area contributed by atoms with Crippen LogP contribution in [0, 0.1) is 6.92 Å². The second kappa shape index (κ2) is 17.6. The van der Waals surface area contributed by atoms with Crippen LogP contribution in [0.1, 0.15) is 63.8 Å². The molecule has 0 saturated heterocycles. The number of rotatable bonds is 9. The van der Waals surface area contributed by atoms with Gasteiger partial charge in [-0.25, -0.2) is 0 Å². The van der Waals surface area contributed by atoms with Crippen molar-refractivity contribution in [3.8, 4) is 11.5 Å². The van der Waals surface area contributed by atoms with Gasteiger partial charge in [0, 0.05) is 6.07 Å². The first-order chi connectivity index (χ1) is 18.0. The van der Waals surface area contributed by atoms with Crippen molar-refractivity contribution in [2.45, 2.75) is 68.1 Å². The van der Waals surface area contributed by atoms with E-state index in [9.17, 15) is 0 Å². The normalized spacial score (nSPS) is 9.61. The van der Waals surface area contributed by atoms with Crippen LogP contribution in [0.3, 0.4) is 0 Å². The molecule has 0 aliphatic carbocycles. The average molecular weight is 511 g/mol. The van der Waals surface area contributed by atoms with Crippen LogP contribution >= 0.6 is 0 Å². The van der Waals surface area contributed by atoms with Gasteiger partial charge < -0.3 is 9.47 Å². The molecule has 4 aromatic rings. The average Bonchev–Trinajstić information content (AvgIpc) is 2.96. The van der Waals surface area contributed by atoms with Crippen LogP contribution in [0.4, 0.5) is 0 Å². The first-order valence-electron chi connectivity index (χ1n) is 13.2. The van der Waals surface area contributed by atoms with E-state index in [0.29, 0.717) is 13.2 Å². The second-order valence-corrected chi connectivity index (χ2v) is 8.52. The van der Waals surface area contributed by atoms with E-state index in [1.807, 2.05) is 38.1 Å². The van der Waals surface area contributed by atoms with Gasteiger partial charge in [0.1, 0.15) is 24.7 Å². The molecule has 0 unspecified atom stereocenters. The molecule has 4 aromatic carbocycles. The van der Waals surface area contributed by atoms with Crippen molar-refractivity contribution in [2.75, 3.05) is 0 Å². The first-order valence-corrected chi connectivity index (χ1v) is 13.2. The third-order valence-corrected chi connectivity index (χ3v) is 6.02. The summed E-state index contributed by atoms with van der Waals surface area (Å²) >= 11 is 0. The third-order valence-electron chi connectivity index (χ3n) is 6.02. The van der Waals surface area contributed by atoms with Crippen molar-refractivity contribution in [1.82, 2.24) is 0 Å². The fraction of sp³-hybridized carbons (Fsp3) is 0.278. The molecular formula is C36H46O2. The number of ether oxygens (including phenoxy) is 2. The predicted molar refractivity (Wildman–Crippen MR) is 167 cm³/mol. The highest BCUT2D eigenvalue weighted by atomic mass is 16.5. The van der Waals surface area contributed by atoms with Crippen LogP contribution < -0.4 is 9.47 Å². The topological polar surface area (TPSA) is 18.5 Å². The van der Waals surface area contributed by atoms with Gasteiger partial charge in [-0.15, -0.1) is 0 Å². The Hall–Kier alpha value is -3.78. The highest BCUT2D eigenvalue weighted by molar-refractivity contribution is 5.82. The zero-order valence-corrected chi connectivity index (χ0v) is 23.2. The summed E-state index contributed by atoms with van der Waals surface area (Å²) in [5.41, 5.74) is 6.20. The molecule has 0 atom stereocenters. The summed E-state index contributed by atoms with van der Waals surface area (Å²) in [5.74, 6) is 1.64. The number of allylic oxidation sites excluding steroid dienone is 2. The van der Waals surface area contributed by atoms with Gasteiger partial charge in [-0.3, -0.25) is 0 Å². The molecule has 4 rings (SSSR count). The molecule has 0 radical (unpaired) electrons. The molecule has 0 amide bonds. The molecular weight excluding hydrogens is 464 g/mol. The summed E-state index contributed by atoms with van der Waals surface area (Å²) in [6, 6.07) is 29.1. The lowest BCUT2D eigenvalue weighted by Gasteiger charge is -2.13. The monoisotopic (exact) mass is 510 g/mol. The minimum absolute atomic E-state index is 0. The molecule has 2 nitrogen and oxygen atoms in total.